The number of rotatable bonds is 1. The first kappa shape index (κ1) is 12.5. The molecule has 0 radical (unpaired) electrons. The average Bonchev–Trinajstić information content (AvgIpc) is 2.33. The summed E-state index contributed by atoms with van der Waals surface area (Å²) in [7, 11) is 0. The standard InChI is InChI=1S/C14H20N2S/c1-9-8-10(2)12(4)13(11(9)3)16-14-15-6-5-7-17-14/h8H,5-7H2,1-4H3,(H,15,16). The summed E-state index contributed by atoms with van der Waals surface area (Å²) >= 11 is 1.83. The third-order valence-electron chi connectivity index (χ3n) is 3.39. The van der Waals surface area contributed by atoms with Crippen molar-refractivity contribution >= 4 is 22.6 Å². The monoisotopic (exact) mass is 248 g/mol. The van der Waals surface area contributed by atoms with E-state index in [2.05, 4.69) is 44.1 Å². The first-order valence-corrected chi connectivity index (χ1v) is 7.10. The Hall–Kier alpha value is -0.960. The van der Waals surface area contributed by atoms with Crippen molar-refractivity contribution in [2.75, 3.05) is 17.6 Å². The van der Waals surface area contributed by atoms with Crippen molar-refractivity contribution in [3.8, 4) is 0 Å². The van der Waals surface area contributed by atoms with E-state index in [1.54, 1.807) is 0 Å². The third kappa shape index (κ3) is 2.65. The number of hydrogen-bond donors (Lipinski definition) is 1. The van der Waals surface area contributed by atoms with E-state index in [-0.39, 0.29) is 0 Å². The minimum absolute atomic E-state index is 0.957. The summed E-state index contributed by atoms with van der Waals surface area (Å²) in [5, 5.41) is 4.59. The average molecular weight is 248 g/mol. The summed E-state index contributed by atoms with van der Waals surface area (Å²) in [5.41, 5.74) is 6.61. The fraction of sp³-hybridized carbons (Fsp3) is 0.500. The molecule has 2 rings (SSSR count). The minimum atomic E-state index is 0.957. The maximum absolute atomic E-state index is 4.53. The molecule has 0 amide bonds. The van der Waals surface area contributed by atoms with Crippen molar-refractivity contribution in [3.05, 3.63) is 28.3 Å². The summed E-state index contributed by atoms with van der Waals surface area (Å²) < 4.78 is 0. The molecule has 1 aromatic rings. The van der Waals surface area contributed by atoms with Crippen LogP contribution < -0.4 is 5.32 Å². The fourth-order valence-corrected chi connectivity index (χ4v) is 2.87. The zero-order valence-electron chi connectivity index (χ0n) is 11.1. The van der Waals surface area contributed by atoms with Crippen molar-refractivity contribution < 1.29 is 0 Å². The van der Waals surface area contributed by atoms with Crippen molar-refractivity contribution in [1.82, 2.24) is 0 Å². The van der Waals surface area contributed by atoms with Crippen molar-refractivity contribution in [2.45, 2.75) is 34.1 Å². The Labute approximate surface area is 108 Å². The van der Waals surface area contributed by atoms with Crippen LogP contribution in [0.2, 0.25) is 0 Å². The van der Waals surface area contributed by atoms with Crippen molar-refractivity contribution in [3.63, 3.8) is 0 Å². The van der Waals surface area contributed by atoms with E-state index in [9.17, 15) is 0 Å². The van der Waals surface area contributed by atoms with Crippen molar-refractivity contribution in [1.29, 1.82) is 0 Å². The van der Waals surface area contributed by atoms with E-state index in [1.165, 1.54) is 40.1 Å². The number of thioether (sulfide) groups is 1. The summed E-state index contributed by atoms with van der Waals surface area (Å²) in [6.45, 7) is 9.65. The first-order valence-electron chi connectivity index (χ1n) is 6.11. The maximum atomic E-state index is 4.53. The highest BCUT2D eigenvalue weighted by molar-refractivity contribution is 8.14. The molecule has 0 spiro atoms. The van der Waals surface area contributed by atoms with Crippen molar-refractivity contribution in [2.24, 2.45) is 4.99 Å². The summed E-state index contributed by atoms with van der Waals surface area (Å²) in [5.74, 6) is 1.18. The van der Waals surface area contributed by atoms with Crippen LogP contribution in [-0.2, 0) is 0 Å². The number of aryl methyl sites for hydroxylation is 2. The number of aliphatic imine (C=N–C) groups is 1. The molecule has 2 nitrogen and oxygen atoms in total. The number of benzene rings is 1. The van der Waals surface area contributed by atoms with Crippen LogP contribution >= 0.6 is 11.8 Å². The molecule has 0 bridgehead atoms. The van der Waals surface area contributed by atoms with Gasteiger partial charge in [-0.3, -0.25) is 4.99 Å². The normalized spacial score (nSPS) is 15.6. The molecular weight excluding hydrogens is 228 g/mol. The fourth-order valence-electron chi connectivity index (χ4n) is 2.05. The lowest BCUT2D eigenvalue weighted by atomic mass is 9.99. The molecule has 1 aromatic carbocycles. The van der Waals surface area contributed by atoms with Gasteiger partial charge < -0.3 is 5.32 Å². The van der Waals surface area contributed by atoms with E-state index in [4.69, 9.17) is 0 Å². The molecule has 0 saturated heterocycles. The number of nitrogens with zero attached hydrogens (tertiary/aromatic N) is 1. The van der Waals surface area contributed by atoms with Gasteiger partial charge in [-0.1, -0.05) is 17.8 Å². The Morgan fingerprint density at radius 1 is 1.12 bits per heavy atom. The molecule has 0 unspecified atom stereocenters. The van der Waals surface area contributed by atoms with Gasteiger partial charge in [0, 0.05) is 18.0 Å². The van der Waals surface area contributed by atoms with Gasteiger partial charge in [0.15, 0.2) is 5.17 Å². The zero-order chi connectivity index (χ0) is 12.4. The van der Waals surface area contributed by atoms with Gasteiger partial charge in [-0.05, 0) is 56.4 Å². The molecule has 0 atom stereocenters. The highest BCUT2D eigenvalue weighted by Crippen LogP contribution is 2.28. The Morgan fingerprint density at radius 3 is 2.29 bits per heavy atom. The smallest absolute Gasteiger partial charge is 0.161 e. The van der Waals surface area contributed by atoms with Gasteiger partial charge in [0.25, 0.3) is 0 Å². The molecular formula is C14H20N2S. The number of anilines is 1. The van der Waals surface area contributed by atoms with E-state index in [0.717, 1.165) is 11.7 Å². The second-order valence-corrected chi connectivity index (χ2v) is 5.73. The lowest BCUT2D eigenvalue weighted by Crippen LogP contribution is -2.15. The van der Waals surface area contributed by atoms with Gasteiger partial charge in [-0.2, -0.15) is 0 Å². The lowest BCUT2D eigenvalue weighted by Gasteiger charge is -2.19. The summed E-state index contributed by atoms with van der Waals surface area (Å²) in [6.07, 6.45) is 1.20. The highest BCUT2D eigenvalue weighted by Gasteiger charge is 2.12. The van der Waals surface area contributed by atoms with Crippen LogP contribution in [-0.4, -0.2) is 17.5 Å². The van der Waals surface area contributed by atoms with E-state index >= 15 is 0 Å². The van der Waals surface area contributed by atoms with Crippen LogP contribution in [0.3, 0.4) is 0 Å². The topological polar surface area (TPSA) is 24.4 Å². The second kappa shape index (κ2) is 5.13. The van der Waals surface area contributed by atoms with Gasteiger partial charge in [0.05, 0.1) is 0 Å². The largest absolute Gasteiger partial charge is 0.335 e. The van der Waals surface area contributed by atoms with Gasteiger partial charge in [0.1, 0.15) is 0 Å². The molecule has 3 heteroatoms. The van der Waals surface area contributed by atoms with Gasteiger partial charge >= 0.3 is 0 Å². The van der Waals surface area contributed by atoms with Gasteiger partial charge in [0.2, 0.25) is 0 Å². The molecule has 1 N–H and O–H groups in total. The van der Waals surface area contributed by atoms with Gasteiger partial charge in [-0.25, -0.2) is 0 Å². The van der Waals surface area contributed by atoms with E-state index < -0.39 is 0 Å². The molecule has 92 valence electrons. The zero-order valence-corrected chi connectivity index (χ0v) is 11.9. The lowest BCUT2D eigenvalue weighted by molar-refractivity contribution is 0.938. The van der Waals surface area contributed by atoms with Crippen LogP contribution in [0.15, 0.2) is 11.1 Å². The number of hydrogen-bond acceptors (Lipinski definition) is 3. The number of nitrogens with one attached hydrogen (secondary N) is 1. The molecule has 0 aromatic heterocycles. The van der Waals surface area contributed by atoms with Crippen LogP contribution in [0.25, 0.3) is 0 Å². The maximum Gasteiger partial charge on any atom is 0.161 e. The Bertz CT molecular complexity index is 438. The molecule has 0 fully saturated rings. The van der Waals surface area contributed by atoms with Crippen LogP contribution in [0, 0.1) is 27.7 Å². The number of amidine groups is 1. The Morgan fingerprint density at radius 2 is 1.76 bits per heavy atom. The second-order valence-electron chi connectivity index (χ2n) is 4.65. The highest BCUT2D eigenvalue weighted by atomic mass is 32.2. The van der Waals surface area contributed by atoms with Crippen LogP contribution in [0.5, 0.6) is 0 Å². The Kier molecular flexibility index (Phi) is 3.77. The first-order chi connectivity index (χ1) is 8.09. The molecule has 17 heavy (non-hydrogen) atoms. The van der Waals surface area contributed by atoms with E-state index in [1.807, 2.05) is 11.8 Å². The Balaban J connectivity index is 2.34. The predicted octanol–water partition coefficient (Wildman–Crippen LogP) is 3.83. The van der Waals surface area contributed by atoms with Crippen LogP contribution in [0.1, 0.15) is 28.7 Å². The van der Waals surface area contributed by atoms with Crippen LogP contribution in [0.4, 0.5) is 5.69 Å². The molecule has 1 aliphatic heterocycles. The molecule has 0 saturated carbocycles. The van der Waals surface area contributed by atoms with Gasteiger partial charge in [-0.15, -0.1) is 0 Å². The summed E-state index contributed by atoms with van der Waals surface area (Å²) in [6, 6.07) is 2.26. The minimum Gasteiger partial charge on any atom is -0.335 e. The van der Waals surface area contributed by atoms with E-state index in [0.29, 0.717) is 0 Å². The molecule has 1 heterocycles. The SMILES string of the molecule is Cc1cc(C)c(C)c(NC2=NCCCS2)c1C. The quantitative estimate of drug-likeness (QED) is 0.817. The predicted molar refractivity (Wildman–Crippen MR) is 78.4 cm³/mol. The molecule has 0 aliphatic carbocycles. The third-order valence-corrected chi connectivity index (χ3v) is 4.39. The molecule has 1 aliphatic rings. The summed E-state index contributed by atoms with van der Waals surface area (Å²) in [4.78, 5) is 4.53.